The summed E-state index contributed by atoms with van der Waals surface area (Å²) >= 11 is 16.1. The maximum Gasteiger partial charge on any atom is 0.264 e. The lowest BCUT2D eigenvalue weighted by Gasteiger charge is -2.34. The fraction of sp³-hybridized carbons (Fsp3) is 0.212. The normalized spacial score (nSPS) is 11.9. The largest absolute Gasteiger partial charge is 0.354 e. The van der Waals surface area contributed by atoms with Crippen molar-refractivity contribution in [3.63, 3.8) is 0 Å². The van der Waals surface area contributed by atoms with Gasteiger partial charge in [-0.3, -0.25) is 13.9 Å². The number of nitrogens with zero attached hydrogens (tertiary/aromatic N) is 2. The van der Waals surface area contributed by atoms with E-state index in [1.54, 1.807) is 18.2 Å². The highest BCUT2D eigenvalue weighted by atomic mass is 79.9. The number of hydrogen-bond donors (Lipinski definition) is 1. The van der Waals surface area contributed by atoms with Crippen LogP contribution in [0.4, 0.5) is 5.69 Å². The molecule has 1 atom stereocenters. The van der Waals surface area contributed by atoms with Crippen LogP contribution >= 0.6 is 39.1 Å². The minimum absolute atomic E-state index is 0.0149. The van der Waals surface area contributed by atoms with Crippen molar-refractivity contribution >= 4 is 66.7 Å². The van der Waals surface area contributed by atoms with Crippen molar-refractivity contribution in [1.29, 1.82) is 0 Å². The Bertz CT molecular complexity index is 1690. The van der Waals surface area contributed by atoms with Gasteiger partial charge in [-0.15, -0.1) is 0 Å². The molecule has 0 saturated heterocycles. The molecule has 4 aromatic rings. The second kappa shape index (κ2) is 15.6. The quantitative estimate of drug-likeness (QED) is 0.160. The summed E-state index contributed by atoms with van der Waals surface area (Å²) in [6, 6.07) is 28.1. The van der Waals surface area contributed by atoms with Crippen molar-refractivity contribution in [1.82, 2.24) is 10.2 Å². The zero-order valence-corrected chi connectivity index (χ0v) is 27.9. The number of carbonyl (C=O) groups is 2. The molecule has 4 aromatic carbocycles. The third-order valence-electron chi connectivity index (χ3n) is 6.85. The zero-order valence-electron chi connectivity index (χ0n) is 24.0. The second-order valence-electron chi connectivity index (χ2n) is 10.1. The van der Waals surface area contributed by atoms with Gasteiger partial charge in [0.05, 0.1) is 15.6 Å². The van der Waals surface area contributed by atoms with E-state index < -0.39 is 28.5 Å². The van der Waals surface area contributed by atoms with Gasteiger partial charge >= 0.3 is 0 Å². The lowest BCUT2D eigenvalue weighted by atomic mass is 10.0. The van der Waals surface area contributed by atoms with E-state index in [2.05, 4.69) is 21.2 Å². The Morgan fingerprint density at radius 2 is 1.52 bits per heavy atom. The first-order valence-corrected chi connectivity index (χ1v) is 17.0. The van der Waals surface area contributed by atoms with Gasteiger partial charge in [0, 0.05) is 29.0 Å². The molecule has 230 valence electrons. The minimum atomic E-state index is -4.27. The third kappa shape index (κ3) is 8.63. The molecule has 0 fully saturated rings. The van der Waals surface area contributed by atoms with Gasteiger partial charge < -0.3 is 10.2 Å². The van der Waals surface area contributed by atoms with Crippen molar-refractivity contribution in [3.8, 4) is 0 Å². The molecule has 0 radical (unpaired) electrons. The van der Waals surface area contributed by atoms with Crippen molar-refractivity contribution in [2.45, 2.75) is 37.2 Å². The van der Waals surface area contributed by atoms with Crippen molar-refractivity contribution in [3.05, 3.63) is 129 Å². The molecule has 2 amide bonds. The van der Waals surface area contributed by atoms with Crippen LogP contribution in [0.3, 0.4) is 0 Å². The van der Waals surface area contributed by atoms with Crippen LogP contribution < -0.4 is 9.62 Å². The van der Waals surface area contributed by atoms with Gasteiger partial charge in [0.1, 0.15) is 12.6 Å². The van der Waals surface area contributed by atoms with Gasteiger partial charge in [-0.2, -0.15) is 0 Å². The number of rotatable bonds is 13. The topological polar surface area (TPSA) is 86.8 Å². The van der Waals surface area contributed by atoms with Crippen molar-refractivity contribution < 1.29 is 18.0 Å². The summed E-state index contributed by atoms with van der Waals surface area (Å²) in [5, 5.41) is 3.31. The van der Waals surface area contributed by atoms with Crippen LogP contribution in [0.15, 0.2) is 112 Å². The standard InChI is InChI=1S/C33H32BrCl2N3O4S/c1-2-18-37-33(41)31(20-24-10-5-3-6-11-24)38(22-25-12-9-13-26(34)19-25)32(40)23-39(30-17-16-27(35)21-29(30)36)44(42,43)28-14-7-4-8-15-28/h3-17,19,21,31H,2,18,20,22-23H2,1H3,(H,37,41)/t31-/m1/s1. The predicted octanol–water partition coefficient (Wildman–Crippen LogP) is 7.12. The molecule has 0 aliphatic heterocycles. The molecule has 7 nitrogen and oxygen atoms in total. The number of halogens is 3. The summed E-state index contributed by atoms with van der Waals surface area (Å²) in [6.45, 7) is 1.82. The van der Waals surface area contributed by atoms with E-state index in [0.717, 1.165) is 19.9 Å². The number of benzene rings is 4. The number of carbonyl (C=O) groups excluding carboxylic acids is 2. The van der Waals surface area contributed by atoms with Crippen LogP contribution in [-0.2, 0) is 32.6 Å². The van der Waals surface area contributed by atoms with Gasteiger partial charge in [-0.05, 0) is 60.0 Å². The second-order valence-corrected chi connectivity index (χ2v) is 13.7. The molecule has 4 rings (SSSR count). The Morgan fingerprint density at radius 3 is 2.16 bits per heavy atom. The van der Waals surface area contributed by atoms with E-state index in [4.69, 9.17) is 23.2 Å². The lowest BCUT2D eigenvalue weighted by Crippen LogP contribution is -2.53. The molecule has 11 heteroatoms. The molecular weight excluding hydrogens is 685 g/mol. The summed E-state index contributed by atoms with van der Waals surface area (Å²) in [7, 11) is -4.27. The van der Waals surface area contributed by atoms with Crippen LogP contribution in [0.25, 0.3) is 0 Å². The first-order valence-electron chi connectivity index (χ1n) is 14.0. The van der Waals surface area contributed by atoms with Gasteiger partial charge in [0.2, 0.25) is 11.8 Å². The van der Waals surface area contributed by atoms with Crippen LogP contribution in [0, 0.1) is 0 Å². The maximum atomic E-state index is 14.4. The predicted molar refractivity (Wildman–Crippen MR) is 179 cm³/mol. The fourth-order valence-corrected chi connectivity index (χ4v) is 7.13. The average Bonchev–Trinajstić information content (AvgIpc) is 3.01. The van der Waals surface area contributed by atoms with Crippen molar-refractivity contribution in [2.24, 2.45) is 0 Å². The van der Waals surface area contributed by atoms with Gasteiger partial charge in [0.25, 0.3) is 10.0 Å². The Balaban J connectivity index is 1.81. The molecule has 0 saturated carbocycles. The number of sulfonamides is 1. The minimum Gasteiger partial charge on any atom is -0.354 e. The summed E-state index contributed by atoms with van der Waals surface area (Å²) in [5.74, 6) is -0.913. The van der Waals surface area contributed by atoms with E-state index in [-0.39, 0.29) is 34.5 Å². The Kier molecular flexibility index (Phi) is 11.9. The highest BCUT2D eigenvalue weighted by Gasteiger charge is 2.35. The molecule has 0 aromatic heterocycles. The van der Waals surface area contributed by atoms with Crippen LogP contribution in [0.2, 0.25) is 10.0 Å². The molecule has 1 N–H and O–H groups in total. The third-order valence-corrected chi connectivity index (χ3v) is 9.66. The molecule has 44 heavy (non-hydrogen) atoms. The van der Waals surface area contributed by atoms with E-state index in [0.29, 0.717) is 18.0 Å². The smallest absolute Gasteiger partial charge is 0.264 e. The number of nitrogens with one attached hydrogen (secondary N) is 1. The SMILES string of the molecule is CCCNC(=O)[C@@H](Cc1ccccc1)N(Cc1cccc(Br)c1)C(=O)CN(c1ccc(Cl)cc1Cl)S(=O)(=O)c1ccccc1. The molecular formula is C33H32BrCl2N3O4S. The molecule has 0 spiro atoms. The average molecular weight is 718 g/mol. The molecule has 0 unspecified atom stereocenters. The van der Waals surface area contributed by atoms with E-state index in [1.165, 1.54) is 35.2 Å². The highest BCUT2D eigenvalue weighted by Crippen LogP contribution is 2.33. The number of amides is 2. The van der Waals surface area contributed by atoms with E-state index >= 15 is 0 Å². The van der Waals surface area contributed by atoms with Crippen LogP contribution in [0.1, 0.15) is 24.5 Å². The van der Waals surface area contributed by atoms with Gasteiger partial charge in [-0.25, -0.2) is 8.42 Å². The maximum absolute atomic E-state index is 14.4. The van der Waals surface area contributed by atoms with Gasteiger partial charge in [0.15, 0.2) is 0 Å². The zero-order chi connectivity index (χ0) is 31.7. The monoisotopic (exact) mass is 715 g/mol. The van der Waals surface area contributed by atoms with E-state index in [9.17, 15) is 18.0 Å². The summed E-state index contributed by atoms with van der Waals surface area (Å²) in [6.07, 6.45) is 0.935. The Morgan fingerprint density at radius 1 is 0.864 bits per heavy atom. The summed E-state index contributed by atoms with van der Waals surface area (Å²) in [5.41, 5.74) is 1.70. The van der Waals surface area contributed by atoms with Crippen molar-refractivity contribution in [2.75, 3.05) is 17.4 Å². The van der Waals surface area contributed by atoms with Gasteiger partial charge in [-0.1, -0.05) is 107 Å². The van der Waals surface area contributed by atoms with Crippen LogP contribution in [0.5, 0.6) is 0 Å². The number of anilines is 1. The lowest BCUT2D eigenvalue weighted by molar-refractivity contribution is -0.140. The van der Waals surface area contributed by atoms with Crippen LogP contribution in [-0.4, -0.2) is 44.3 Å². The molecule has 0 bridgehead atoms. The highest BCUT2D eigenvalue weighted by molar-refractivity contribution is 9.10. The summed E-state index contributed by atoms with van der Waals surface area (Å²) < 4.78 is 29.9. The van der Waals surface area contributed by atoms with E-state index in [1.807, 2.05) is 61.5 Å². The molecule has 0 aliphatic carbocycles. The first kappa shape index (κ1) is 33.5. The first-order chi connectivity index (χ1) is 21.1. The number of hydrogen-bond acceptors (Lipinski definition) is 4. The molecule has 0 aliphatic rings. The molecule has 0 heterocycles. The Labute approximate surface area is 277 Å². The fourth-order valence-electron chi connectivity index (χ4n) is 4.67. The Hall–Kier alpha value is -3.37. The summed E-state index contributed by atoms with van der Waals surface area (Å²) in [4.78, 5) is 29.6.